The van der Waals surface area contributed by atoms with Gasteiger partial charge < -0.3 is 9.80 Å². The summed E-state index contributed by atoms with van der Waals surface area (Å²) in [5.41, 5.74) is 5.08. The normalized spacial score (nSPS) is 16.7. The van der Waals surface area contributed by atoms with Crippen LogP contribution in [-0.4, -0.2) is 26.7 Å². The monoisotopic (exact) mass is 304 g/mol. The zero-order valence-electron chi connectivity index (χ0n) is 14.1. The molecule has 0 amide bonds. The Bertz CT molecular complexity index is 711. The topological polar surface area (TPSA) is 6.48 Å². The Kier molecular flexibility index (Phi) is 4.52. The van der Waals surface area contributed by atoms with Gasteiger partial charge in [0.15, 0.2) is 0 Å². The van der Waals surface area contributed by atoms with Crippen molar-refractivity contribution < 1.29 is 0 Å². The molecule has 2 heteroatoms. The third kappa shape index (κ3) is 3.31. The first-order chi connectivity index (χ1) is 11.2. The molecule has 0 saturated carbocycles. The Labute approximate surface area is 139 Å². The maximum Gasteiger partial charge on any atom is 0.0663 e. The van der Waals surface area contributed by atoms with Crippen LogP contribution in [0.15, 0.2) is 60.7 Å². The van der Waals surface area contributed by atoms with E-state index in [-0.39, 0.29) is 0 Å². The predicted molar refractivity (Wildman–Crippen MR) is 102 cm³/mol. The van der Waals surface area contributed by atoms with E-state index in [0.29, 0.717) is 6.04 Å². The molecule has 0 aliphatic carbocycles. The number of hydrogen-bond donors (Lipinski definition) is 0. The highest BCUT2D eigenvalue weighted by Gasteiger charge is 2.18. The lowest BCUT2D eigenvalue weighted by molar-refractivity contribution is 0.807. The number of anilines is 2. The third-order valence-corrected chi connectivity index (χ3v) is 4.32. The van der Waals surface area contributed by atoms with Crippen molar-refractivity contribution >= 4 is 23.5 Å². The van der Waals surface area contributed by atoms with Crippen molar-refractivity contribution in [2.45, 2.75) is 13.0 Å². The maximum absolute atomic E-state index is 2.43. The van der Waals surface area contributed by atoms with Gasteiger partial charge >= 0.3 is 0 Å². The second-order valence-corrected chi connectivity index (χ2v) is 6.04. The predicted octanol–water partition coefficient (Wildman–Crippen LogP) is 4.69. The van der Waals surface area contributed by atoms with Crippen LogP contribution in [0.2, 0.25) is 0 Å². The van der Waals surface area contributed by atoms with Crippen molar-refractivity contribution in [3.05, 3.63) is 71.8 Å². The molecule has 0 bridgehead atoms. The van der Waals surface area contributed by atoms with Crippen molar-refractivity contribution in [1.29, 1.82) is 0 Å². The Hall–Kier alpha value is -2.48. The third-order valence-electron chi connectivity index (χ3n) is 4.32. The van der Waals surface area contributed by atoms with E-state index < -0.39 is 0 Å². The van der Waals surface area contributed by atoms with Crippen molar-refractivity contribution in [2.24, 2.45) is 0 Å². The molecule has 0 N–H and O–H groups in total. The Morgan fingerprint density at radius 3 is 2.48 bits per heavy atom. The average Bonchev–Trinajstić information content (AvgIpc) is 2.59. The molecular weight excluding hydrogens is 280 g/mol. The van der Waals surface area contributed by atoms with Gasteiger partial charge in [-0.2, -0.15) is 0 Å². The van der Waals surface area contributed by atoms with E-state index in [4.69, 9.17) is 0 Å². The summed E-state index contributed by atoms with van der Waals surface area (Å²) in [5, 5.41) is 0. The second kappa shape index (κ2) is 6.74. The fourth-order valence-electron chi connectivity index (χ4n) is 3.00. The average molecular weight is 304 g/mol. The summed E-state index contributed by atoms with van der Waals surface area (Å²) >= 11 is 0. The lowest BCUT2D eigenvalue weighted by atomic mass is 10.0. The van der Waals surface area contributed by atoms with Crippen LogP contribution in [0.5, 0.6) is 0 Å². The Morgan fingerprint density at radius 2 is 1.78 bits per heavy atom. The van der Waals surface area contributed by atoms with Crippen LogP contribution < -0.4 is 9.80 Å². The highest BCUT2D eigenvalue weighted by molar-refractivity contribution is 5.73. The van der Waals surface area contributed by atoms with Gasteiger partial charge in [0.2, 0.25) is 0 Å². The molecule has 0 radical (unpaired) electrons. The number of fused-ring (bicyclic) bond motifs is 1. The van der Waals surface area contributed by atoms with Gasteiger partial charge in [-0.25, -0.2) is 0 Å². The van der Waals surface area contributed by atoms with Crippen LogP contribution >= 0.6 is 0 Å². The summed E-state index contributed by atoms with van der Waals surface area (Å²) in [5.74, 6) is 0. The molecule has 0 aromatic heterocycles. The number of hydrogen-bond acceptors (Lipinski definition) is 2. The molecular formula is C21H24N2. The summed E-state index contributed by atoms with van der Waals surface area (Å²) in [7, 11) is 4.13. The minimum absolute atomic E-state index is 0.309. The smallest absolute Gasteiger partial charge is 0.0663 e. The van der Waals surface area contributed by atoms with Crippen LogP contribution in [0, 0.1) is 0 Å². The molecule has 2 aromatic rings. The molecule has 0 spiro atoms. The zero-order valence-corrected chi connectivity index (χ0v) is 14.1. The van der Waals surface area contributed by atoms with Crippen molar-refractivity contribution in [2.75, 3.05) is 30.4 Å². The van der Waals surface area contributed by atoms with Crippen molar-refractivity contribution in [3.63, 3.8) is 0 Å². The Morgan fingerprint density at radius 1 is 1.04 bits per heavy atom. The lowest BCUT2D eigenvalue weighted by Crippen LogP contribution is -2.34. The molecule has 1 atom stereocenters. The molecule has 1 unspecified atom stereocenters. The van der Waals surface area contributed by atoms with Gasteiger partial charge in [0.05, 0.1) is 6.04 Å². The second-order valence-electron chi connectivity index (χ2n) is 6.04. The van der Waals surface area contributed by atoms with E-state index in [0.717, 1.165) is 6.54 Å². The maximum atomic E-state index is 2.43. The minimum atomic E-state index is 0.309. The molecule has 2 nitrogen and oxygen atoms in total. The van der Waals surface area contributed by atoms with Crippen molar-refractivity contribution in [3.8, 4) is 0 Å². The summed E-state index contributed by atoms with van der Waals surface area (Å²) < 4.78 is 0. The van der Waals surface area contributed by atoms with E-state index in [1.165, 1.54) is 22.5 Å². The molecule has 1 aliphatic rings. The molecule has 1 aliphatic heterocycles. The molecule has 3 rings (SSSR count). The van der Waals surface area contributed by atoms with Gasteiger partial charge in [-0.3, -0.25) is 0 Å². The van der Waals surface area contributed by atoms with E-state index in [9.17, 15) is 0 Å². The quantitative estimate of drug-likeness (QED) is 0.808. The number of nitrogens with zero attached hydrogens (tertiary/aromatic N) is 2. The summed E-state index contributed by atoms with van der Waals surface area (Å²) in [6.45, 7) is 3.21. The van der Waals surface area contributed by atoms with Gasteiger partial charge in [0, 0.05) is 32.0 Å². The first kappa shape index (κ1) is 15.4. The molecule has 118 valence electrons. The number of likely N-dealkylation sites (N-methyl/N-ethyl adjacent to an activating group) is 1. The molecule has 2 aromatic carbocycles. The van der Waals surface area contributed by atoms with Gasteiger partial charge in [0.1, 0.15) is 0 Å². The molecule has 1 heterocycles. The fraction of sp³-hybridized carbons (Fsp3) is 0.238. The summed E-state index contributed by atoms with van der Waals surface area (Å²) in [4.78, 5) is 4.55. The summed E-state index contributed by atoms with van der Waals surface area (Å²) in [6.07, 6.45) is 8.99. The number of benzene rings is 2. The zero-order chi connectivity index (χ0) is 16.2. The molecule has 0 saturated heterocycles. The van der Waals surface area contributed by atoms with E-state index in [2.05, 4.69) is 104 Å². The van der Waals surface area contributed by atoms with Crippen LogP contribution in [0.1, 0.15) is 18.1 Å². The Balaban J connectivity index is 1.80. The van der Waals surface area contributed by atoms with E-state index in [1.54, 1.807) is 0 Å². The lowest BCUT2D eigenvalue weighted by Gasteiger charge is -2.33. The highest BCUT2D eigenvalue weighted by Crippen LogP contribution is 2.29. The van der Waals surface area contributed by atoms with Crippen molar-refractivity contribution in [1.82, 2.24) is 0 Å². The minimum Gasteiger partial charge on any atom is -0.378 e. The SMILES string of the molecule is CCN1c2ccccc2C=CC1/C=C/c1ccc(N(C)C)cc1. The number of rotatable bonds is 4. The van der Waals surface area contributed by atoms with Gasteiger partial charge in [-0.15, -0.1) is 0 Å². The van der Waals surface area contributed by atoms with Gasteiger partial charge in [-0.05, 0) is 36.2 Å². The standard InChI is InChI=1S/C21H24N2/c1-4-23-20(16-12-18-7-5-6-8-21(18)23)15-11-17-9-13-19(14-10-17)22(2)3/h5-16,20H,4H2,1-3H3/b15-11+. The van der Waals surface area contributed by atoms with Crippen LogP contribution in [-0.2, 0) is 0 Å². The summed E-state index contributed by atoms with van der Waals surface area (Å²) in [6, 6.07) is 17.5. The van der Waals surface area contributed by atoms with E-state index in [1.807, 2.05) is 0 Å². The molecule has 0 fully saturated rings. The van der Waals surface area contributed by atoms with Crippen LogP contribution in [0.3, 0.4) is 0 Å². The van der Waals surface area contributed by atoms with E-state index >= 15 is 0 Å². The highest BCUT2D eigenvalue weighted by atomic mass is 15.2. The largest absolute Gasteiger partial charge is 0.378 e. The molecule has 23 heavy (non-hydrogen) atoms. The number of para-hydroxylation sites is 1. The van der Waals surface area contributed by atoms with Crippen LogP contribution in [0.25, 0.3) is 12.2 Å². The first-order valence-corrected chi connectivity index (χ1v) is 8.18. The fourth-order valence-corrected chi connectivity index (χ4v) is 3.00. The first-order valence-electron chi connectivity index (χ1n) is 8.18. The van der Waals surface area contributed by atoms with Gasteiger partial charge in [0.25, 0.3) is 0 Å². The van der Waals surface area contributed by atoms with Gasteiger partial charge in [-0.1, -0.05) is 54.6 Å². The van der Waals surface area contributed by atoms with Crippen LogP contribution in [0.4, 0.5) is 11.4 Å².